The molecule has 0 aliphatic rings. The molecule has 0 saturated carbocycles. The number of hydrogen-bond donors (Lipinski definition) is 1. The third kappa shape index (κ3) is 2.17. The van der Waals surface area contributed by atoms with Gasteiger partial charge in [-0.25, -0.2) is 13.4 Å². The molecule has 3 aromatic rings. The molecule has 0 radical (unpaired) electrons. The van der Waals surface area contributed by atoms with Gasteiger partial charge in [0, 0.05) is 21.6 Å². The van der Waals surface area contributed by atoms with Crippen LogP contribution in [-0.4, -0.2) is 18.4 Å². The highest BCUT2D eigenvalue weighted by atomic mass is 79.9. The molecule has 6 heteroatoms. The van der Waals surface area contributed by atoms with E-state index in [0.717, 1.165) is 15.4 Å². The first kappa shape index (κ1) is 12.4. The van der Waals surface area contributed by atoms with E-state index in [1.807, 2.05) is 24.3 Å². The average molecular weight is 337 g/mol. The van der Waals surface area contributed by atoms with Crippen molar-refractivity contribution in [2.45, 2.75) is 10.1 Å². The summed E-state index contributed by atoms with van der Waals surface area (Å²) in [7, 11) is -3.61. The predicted octanol–water partition coefficient (Wildman–Crippen LogP) is 3.16. The molecule has 0 saturated heterocycles. The highest BCUT2D eigenvalue weighted by molar-refractivity contribution is 9.10. The summed E-state index contributed by atoms with van der Waals surface area (Å²) in [5, 5.41) is 1.05. The first-order valence-electron chi connectivity index (χ1n) is 5.52. The van der Waals surface area contributed by atoms with E-state index in [-0.39, 0.29) is 10.1 Å². The summed E-state index contributed by atoms with van der Waals surface area (Å²) in [6, 6.07) is 12.2. The normalized spacial score (nSPS) is 11.8. The number of aromatic nitrogens is 2. The first-order valence-corrected chi connectivity index (χ1v) is 7.79. The van der Waals surface area contributed by atoms with Gasteiger partial charge in [-0.1, -0.05) is 18.2 Å². The van der Waals surface area contributed by atoms with Crippen molar-refractivity contribution in [3.8, 4) is 0 Å². The average Bonchev–Trinajstić information content (AvgIpc) is 2.83. The van der Waals surface area contributed by atoms with E-state index in [2.05, 4.69) is 25.9 Å². The van der Waals surface area contributed by atoms with Crippen LogP contribution in [0.1, 0.15) is 0 Å². The molecular formula is C13H9BrN2O2S. The highest BCUT2D eigenvalue weighted by Crippen LogP contribution is 2.23. The molecule has 0 bridgehead atoms. The lowest BCUT2D eigenvalue weighted by atomic mass is 10.3. The van der Waals surface area contributed by atoms with Crippen LogP contribution in [0.3, 0.4) is 0 Å². The van der Waals surface area contributed by atoms with E-state index in [1.54, 1.807) is 12.1 Å². The van der Waals surface area contributed by atoms with Gasteiger partial charge in [-0.05, 0) is 40.2 Å². The number of para-hydroxylation sites is 1. The minimum Gasteiger partial charge on any atom is -0.345 e. The number of sulfone groups is 1. The summed E-state index contributed by atoms with van der Waals surface area (Å²) in [5.74, 6) is 0. The SMILES string of the molecule is O=S(=O)(c1ccc(Br)cn1)c1cc2ccccc2[nH]1. The van der Waals surface area contributed by atoms with Crippen LogP contribution in [0.25, 0.3) is 10.9 Å². The maximum Gasteiger partial charge on any atom is 0.239 e. The Morgan fingerprint density at radius 1 is 1.11 bits per heavy atom. The maximum atomic E-state index is 12.4. The number of hydrogen-bond acceptors (Lipinski definition) is 3. The van der Waals surface area contributed by atoms with Crippen molar-refractivity contribution in [3.63, 3.8) is 0 Å². The van der Waals surface area contributed by atoms with Crippen LogP contribution in [0.5, 0.6) is 0 Å². The van der Waals surface area contributed by atoms with Gasteiger partial charge in [-0.3, -0.25) is 0 Å². The van der Waals surface area contributed by atoms with Gasteiger partial charge in [-0.2, -0.15) is 0 Å². The van der Waals surface area contributed by atoms with Crippen LogP contribution in [0, 0.1) is 0 Å². The number of pyridine rings is 1. The molecule has 4 nitrogen and oxygen atoms in total. The fourth-order valence-corrected chi connectivity index (χ4v) is 3.25. The van der Waals surface area contributed by atoms with Crippen LogP contribution < -0.4 is 0 Å². The smallest absolute Gasteiger partial charge is 0.239 e. The van der Waals surface area contributed by atoms with Crippen LogP contribution in [0.2, 0.25) is 0 Å². The van der Waals surface area contributed by atoms with Gasteiger partial charge in [-0.15, -0.1) is 0 Å². The summed E-state index contributed by atoms with van der Waals surface area (Å²) in [6.45, 7) is 0. The minimum atomic E-state index is -3.61. The Morgan fingerprint density at radius 3 is 2.58 bits per heavy atom. The fourth-order valence-electron chi connectivity index (χ4n) is 1.83. The highest BCUT2D eigenvalue weighted by Gasteiger charge is 2.21. The van der Waals surface area contributed by atoms with Gasteiger partial charge in [0.05, 0.1) is 0 Å². The van der Waals surface area contributed by atoms with Crippen molar-refractivity contribution in [3.05, 3.63) is 53.1 Å². The van der Waals surface area contributed by atoms with Gasteiger partial charge < -0.3 is 4.98 Å². The maximum absolute atomic E-state index is 12.4. The second-order valence-electron chi connectivity index (χ2n) is 4.04. The number of aromatic amines is 1. The minimum absolute atomic E-state index is 0.0299. The van der Waals surface area contributed by atoms with E-state index in [0.29, 0.717) is 0 Å². The fraction of sp³-hybridized carbons (Fsp3) is 0. The number of nitrogens with zero attached hydrogens (tertiary/aromatic N) is 1. The van der Waals surface area contributed by atoms with Gasteiger partial charge >= 0.3 is 0 Å². The third-order valence-corrected chi connectivity index (χ3v) is 4.83. The lowest BCUT2D eigenvalue weighted by Gasteiger charge is -2.00. The van der Waals surface area contributed by atoms with E-state index >= 15 is 0 Å². The van der Waals surface area contributed by atoms with Crippen molar-refractivity contribution in [2.75, 3.05) is 0 Å². The number of rotatable bonds is 2. The molecule has 0 spiro atoms. The van der Waals surface area contributed by atoms with Crippen molar-refractivity contribution in [1.29, 1.82) is 0 Å². The summed E-state index contributed by atoms with van der Waals surface area (Å²) < 4.78 is 25.6. The van der Waals surface area contributed by atoms with Crippen LogP contribution >= 0.6 is 15.9 Å². The molecule has 0 aliphatic heterocycles. The molecular weight excluding hydrogens is 328 g/mol. The molecule has 0 amide bonds. The van der Waals surface area contributed by atoms with E-state index in [9.17, 15) is 8.42 Å². The zero-order valence-electron chi connectivity index (χ0n) is 9.67. The molecule has 1 N–H and O–H groups in total. The van der Waals surface area contributed by atoms with Crippen molar-refractivity contribution in [2.24, 2.45) is 0 Å². The Bertz CT molecular complexity index is 805. The number of fused-ring (bicyclic) bond motifs is 1. The van der Waals surface area contributed by atoms with Crippen molar-refractivity contribution in [1.82, 2.24) is 9.97 Å². The van der Waals surface area contributed by atoms with Gasteiger partial charge in [0.1, 0.15) is 5.03 Å². The second kappa shape index (κ2) is 4.47. The molecule has 0 aliphatic carbocycles. The molecule has 2 aromatic heterocycles. The largest absolute Gasteiger partial charge is 0.345 e. The third-order valence-electron chi connectivity index (χ3n) is 2.77. The van der Waals surface area contributed by atoms with Crippen molar-refractivity contribution >= 4 is 36.7 Å². The predicted molar refractivity (Wildman–Crippen MR) is 75.7 cm³/mol. The van der Waals surface area contributed by atoms with Gasteiger partial charge in [0.2, 0.25) is 9.84 Å². The molecule has 2 heterocycles. The summed E-state index contributed by atoms with van der Waals surface area (Å²) in [5.41, 5.74) is 0.790. The first-order chi connectivity index (χ1) is 9.07. The molecule has 1 aromatic carbocycles. The second-order valence-corrected chi connectivity index (χ2v) is 6.82. The lowest BCUT2D eigenvalue weighted by molar-refractivity contribution is 0.589. The molecule has 0 unspecified atom stereocenters. The molecule has 0 atom stereocenters. The lowest BCUT2D eigenvalue weighted by Crippen LogP contribution is -2.04. The van der Waals surface area contributed by atoms with Gasteiger partial charge in [0.15, 0.2) is 5.03 Å². The molecule has 19 heavy (non-hydrogen) atoms. The number of halogens is 1. The molecule has 0 fully saturated rings. The Kier molecular flexibility index (Phi) is 2.91. The Hall–Kier alpha value is -1.66. The van der Waals surface area contributed by atoms with E-state index in [1.165, 1.54) is 12.3 Å². The van der Waals surface area contributed by atoms with E-state index in [4.69, 9.17) is 0 Å². The zero-order chi connectivity index (χ0) is 13.5. The summed E-state index contributed by atoms with van der Waals surface area (Å²) in [4.78, 5) is 6.85. The Morgan fingerprint density at radius 2 is 1.89 bits per heavy atom. The number of nitrogens with one attached hydrogen (secondary N) is 1. The van der Waals surface area contributed by atoms with Gasteiger partial charge in [0.25, 0.3) is 0 Å². The van der Waals surface area contributed by atoms with Crippen LogP contribution in [0.4, 0.5) is 0 Å². The molecule has 3 rings (SSSR count). The van der Waals surface area contributed by atoms with Crippen molar-refractivity contribution < 1.29 is 8.42 Å². The Balaban J connectivity index is 2.16. The Labute approximate surface area is 118 Å². The quantitative estimate of drug-likeness (QED) is 0.781. The number of H-pyrrole nitrogens is 1. The standard InChI is InChI=1S/C13H9BrN2O2S/c14-10-5-6-12(15-8-10)19(17,18)13-7-9-3-1-2-4-11(9)16-13/h1-8,16H. The summed E-state index contributed by atoms with van der Waals surface area (Å²) in [6.07, 6.45) is 1.47. The number of benzene rings is 1. The van der Waals surface area contributed by atoms with Crippen LogP contribution in [0.15, 0.2) is 63.2 Å². The summed E-state index contributed by atoms with van der Waals surface area (Å²) >= 11 is 3.23. The molecule has 96 valence electrons. The monoisotopic (exact) mass is 336 g/mol. The topological polar surface area (TPSA) is 62.8 Å². The zero-order valence-corrected chi connectivity index (χ0v) is 12.1. The van der Waals surface area contributed by atoms with Crippen LogP contribution in [-0.2, 0) is 9.84 Å². The van der Waals surface area contributed by atoms with E-state index < -0.39 is 9.84 Å².